The SMILES string of the molecule is CCCCc1ccc2c(c1)C(=O)NCC2C. The van der Waals surface area contributed by atoms with Crippen molar-refractivity contribution in [1.29, 1.82) is 0 Å². The summed E-state index contributed by atoms with van der Waals surface area (Å²) in [5.74, 6) is 0.527. The number of unbranched alkanes of at least 4 members (excludes halogenated alkanes) is 1. The maximum atomic E-state index is 11.7. The van der Waals surface area contributed by atoms with E-state index in [4.69, 9.17) is 0 Å². The Morgan fingerprint density at radius 2 is 2.25 bits per heavy atom. The third-order valence-electron chi connectivity index (χ3n) is 3.28. The average Bonchev–Trinajstić information content (AvgIpc) is 2.31. The summed E-state index contributed by atoms with van der Waals surface area (Å²) in [6.45, 7) is 5.11. The van der Waals surface area contributed by atoms with Gasteiger partial charge in [0.05, 0.1) is 0 Å². The summed E-state index contributed by atoms with van der Waals surface area (Å²) in [5, 5.41) is 2.93. The zero-order valence-electron chi connectivity index (χ0n) is 10.0. The van der Waals surface area contributed by atoms with Gasteiger partial charge in [0, 0.05) is 12.1 Å². The van der Waals surface area contributed by atoms with E-state index in [0.29, 0.717) is 5.92 Å². The summed E-state index contributed by atoms with van der Waals surface area (Å²) in [6.07, 6.45) is 3.46. The minimum Gasteiger partial charge on any atom is -0.351 e. The minimum absolute atomic E-state index is 0.0893. The van der Waals surface area contributed by atoms with E-state index in [1.807, 2.05) is 0 Å². The smallest absolute Gasteiger partial charge is 0.251 e. The number of carbonyl (C=O) groups is 1. The number of fused-ring (bicyclic) bond motifs is 1. The summed E-state index contributed by atoms with van der Waals surface area (Å²) < 4.78 is 0. The molecule has 1 heterocycles. The molecule has 2 nitrogen and oxygen atoms in total. The first-order chi connectivity index (χ1) is 7.72. The first-order valence-electron chi connectivity index (χ1n) is 6.13. The molecule has 0 fully saturated rings. The fourth-order valence-electron chi connectivity index (χ4n) is 2.22. The second-order valence-corrected chi connectivity index (χ2v) is 4.64. The Bertz CT molecular complexity index is 398. The zero-order chi connectivity index (χ0) is 11.5. The van der Waals surface area contributed by atoms with Crippen molar-refractivity contribution in [1.82, 2.24) is 5.32 Å². The van der Waals surface area contributed by atoms with Gasteiger partial charge >= 0.3 is 0 Å². The zero-order valence-corrected chi connectivity index (χ0v) is 10.0. The summed E-state index contributed by atoms with van der Waals surface area (Å²) in [7, 11) is 0. The van der Waals surface area contributed by atoms with E-state index in [2.05, 4.69) is 37.4 Å². The van der Waals surface area contributed by atoms with E-state index in [1.54, 1.807) is 0 Å². The van der Waals surface area contributed by atoms with Gasteiger partial charge in [0.25, 0.3) is 5.91 Å². The lowest BCUT2D eigenvalue weighted by Gasteiger charge is -2.23. The average molecular weight is 217 g/mol. The van der Waals surface area contributed by atoms with Gasteiger partial charge in [-0.15, -0.1) is 0 Å². The van der Waals surface area contributed by atoms with Crippen molar-refractivity contribution in [3.8, 4) is 0 Å². The summed E-state index contributed by atoms with van der Waals surface area (Å²) in [5.41, 5.74) is 3.36. The second-order valence-electron chi connectivity index (χ2n) is 4.64. The Morgan fingerprint density at radius 1 is 1.44 bits per heavy atom. The van der Waals surface area contributed by atoms with Gasteiger partial charge in [0.1, 0.15) is 0 Å². The molecule has 0 spiro atoms. The molecule has 1 aliphatic rings. The third-order valence-corrected chi connectivity index (χ3v) is 3.28. The number of carbonyl (C=O) groups excluding carboxylic acids is 1. The highest BCUT2D eigenvalue weighted by atomic mass is 16.1. The summed E-state index contributed by atoms with van der Waals surface area (Å²) in [4.78, 5) is 11.7. The van der Waals surface area contributed by atoms with Crippen molar-refractivity contribution in [2.24, 2.45) is 0 Å². The number of hydrogen-bond acceptors (Lipinski definition) is 1. The highest BCUT2D eigenvalue weighted by Gasteiger charge is 2.21. The van der Waals surface area contributed by atoms with Crippen molar-refractivity contribution >= 4 is 5.91 Å². The van der Waals surface area contributed by atoms with E-state index in [1.165, 1.54) is 24.0 Å². The van der Waals surface area contributed by atoms with Gasteiger partial charge in [-0.2, -0.15) is 0 Å². The Balaban J connectivity index is 2.29. The molecule has 1 N–H and O–H groups in total. The van der Waals surface area contributed by atoms with E-state index in [9.17, 15) is 4.79 Å². The van der Waals surface area contributed by atoms with E-state index in [0.717, 1.165) is 18.5 Å². The molecule has 1 aromatic rings. The second kappa shape index (κ2) is 4.69. The Labute approximate surface area is 97.1 Å². The predicted molar refractivity (Wildman–Crippen MR) is 65.8 cm³/mol. The molecule has 0 aliphatic carbocycles. The van der Waals surface area contributed by atoms with E-state index < -0.39 is 0 Å². The van der Waals surface area contributed by atoms with Crippen molar-refractivity contribution < 1.29 is 4.79 Å². The molecule has 0 aromatic heterocycles. The standard InChI is InChI=1S/C14H19NO/c1-3-4-5-11-6-7-12-10(2)9-15-14(16)13(12)8-11/h6-8,10H,3-5,9H2,1-2H3,(H,15,16). The van der Waals surface area contributed by atoms with Crippen LogP contribution in [0.15, 0.2) is 18.2 Å². The van der Waals surface area contributed by atoms with Gasteiger partial charge in [-0.1, -0.05) is 32.4 Å². The molecule has 1 unspecified atom stereocenters. The molecule has 16 heavy (non-hydrogen) atoms. The first-order valence-corrected chi connectivity index (χ1v) is 6.13. The molecule has 0 bridgehead atoms. The monoisotopic (exact) mass is 217 g/mol. The normalized spacial score (nSPS) is 19.1. The lowest BCUT2D eigenvalue weighted by Crippen LogP contribution is -2.34. The molecule has 2 rings (SSSR count). The number of hydrogen-bond donors (Lipinski definition) is 1. The van der Waals surface area contributed by atoms with Crippen LogP contribution in [0.2, 0.25) is 0 Å². The van der Waals surface area contributed by atoms with Crippen LogP contribution in [-0.4, -0.2) is 12.5 Å². The van der Waals surface area contributed by atoms with Crippen LogP contribution in [0.3, 0.4) is 0 Å². The largest absolute Gasteiger partial charge is 0.351 e. The molecule has 1 aliphatic heterocycles. The molecule has 86 valence electrons. The Kier molecular flexibility index (Phi) is 3.28. The molecule has 1 atom stereocenters. The van der Waals surface area contributed by atoms with Crippen LogP contribution in [0.5, 0.6) is 0 Å². The van der Waals surface area contributed by atoms with Crippen LogP contribution in [0, 0.1) is 0 Å². The lowest BCUT2D eigenvalue weighted by molar-refractivity contribution is 0.0941. The quantitative estimate of drug-likeness (QED) is 0.828. The van der Waals surface area contributed by atoms with Crippen LogP contribution in [-0.2, 0) is 6.42 Å². The van der Waals surface area contributed by atoms with E-state index >= 15 is 0 Å². The lowest BCUT2D eigenvalue weighted by atomic mass is 9.90. The molecule has 1 aromatic carbocycles. The maximum Gasteiger partial charge on any atom is 0.251 e. The van der Waals surface area contributed by atoms with Gasteiger partial charge in [0.15, 0.2) is 0 Å². The van der Waals surface area contributed by atoms with Crippen molar-refractivity contribution in [3.63, 3.8) is 0 Å². The summed E-state index contributed by atoms with van der Waals surface area (Å²) in [6, 6.07) is 6.36. The highest BCUT2D eigenvalue weighted by Crippen LogP contribution is 2.24. The third kappa shape index (κ3) is 2.11. The van der Waals surface area contributed by atoms with Gasteiger partial charge in [-0.25, -0.2) is 0 Å². The van der Waals surface area contributed by atoms with Crippen molar-refractivity contribution in [2.75, 3.05) is 6.54 Å². The number of amides is 1. The van der Waals surface area contributed by atoms with Crippen molar-refractivity contribution in [3.05, 3.63) is 34.9 Å². The van der Waals surface area contributed by atoms with Crippen LogP contribution < -0.4 is 5.32 Å². The number of aryl methyl sites for hydroxylation is 1. The Morgan fingerprint density at radius 3 is 3.00 bits per heavy atom. The topological polar surface area (TPSA) is 29.1 Å². The molecule has 0 saturated carbocycles. The molecule has 2 heteroatoms. The number of benzene rings is 1. The number of nitrogens with one attached hydrogen (secondary N) is 1. The molecular weight excluding hydrogens is 198 g/mol. The fourth-order valence-corrected chi connectivity index (χ4v) is 2.22. The van der Waals surface area contributed by atoms with Gasteiger partial charge in [-0.3, -0.25) is 4.79 Å². The van der Waals surface area contributed by atoms with Crippen LogP contribution in [0.1, 0.15) is 54.1 Å². The highest BCUT2D eigenvalue weighted by molar-refractivity contribution is 5.97. The van der Waals surface area contributed by atoms with Crippen LogP contribution >= 0.6 is 0 Å². The summed E-state index contributed by atoms with van der Waals surface area (Å²) >= 11 is 0. The number of rotatable bonds is 3. The minimum atomic E-state index is 0.0893. The first kappa shape index (κ1) is 11.2. The molecule has 1 amide bonds. The maximum absolute atomic E-state index is 11.7. The van der Waals surface area contributed by atoms with Crippen LogP contribution in [0.4, 0.5) is 0 Å². The Hall–Kier alpha value is -1.31. The van der Waals surface area contributed by atoms with Gasteiger partial charge < -0.3 is 5.32 Å². The van der Waals surface area contributed by atoms with Crippen LogP contribution in [0.25, 0.3) is 0 Å². The van der Waals surface area contributed by atoms with Gasteiger partial charge in [0.2, 0.25) is 0 Å². The van der Waals surface area contributed by atoms with Gasteiger partial charge in [-0.05, 0) is 36.0 Å². The molecular formula is C14H19NO. The predicted octanol–water partition coefficient (Wildman–Crippen LogP) is 2.88. The van der Waals surface area contributed by atoms with E-state index in [-0.39, 0.29) is 5.91 Å². The molecule has 0 radical (unpaired) electrons. The van der Waals surface area contributed by atoms with Crippen molar-refractivity contribution in [2.45, 2.75) is 39.0 Å². The fraction of sp³-hybridized carbons (Fsp3) is 0.500. The molecule has 0 saturated heterocycles.